The van der Waals surface area contributed by atoms with Gasteiger partial charge in [0.05, 0.1) is 0 Å². The highest BCUT2D eigenvalue weighted by Crippen LogP contribution is 2.21. The molecule has 1 fully saturated rings. The zero-order valence-corrected chi connectivity index (χ0v) is 10.9. The minimum absolute atomic E-state index is 0.297. The summed E-state index contributed by atoms with van der Waals surface area (Å²) in [4.78, 5) is 14.1. The lowest BCUT2D eigenvalue weighted by Crippen LogP contribution is -2.47. The van der Waals surface area contributed by atoms with Crippen molar-refractivity contribution in [2.75, 3.05) is 13.1 Å². The van der Waals surface area contributed by atoms with E-state index >= 15 is 0 Å². The molecule has 0 saturated carbocycles. The molecule has 1 aromatic rings. The smallest absolute Gasteiger partial charge is 0.314 e. The predicted octanol–water partition coefficient (Wildman–Crippen LogP) is 1.94. The molecule has 2 heterocycles. The number of hydrogen-bond acceptors (Lipinski definition) is 3. The number of hydrogen-bond donors (Lipinski definition) is 2. The maximum absolute atomic E-state index is 11.0. The largest absolute Gasteiger partial charge is 0.351 e. The molecule has 0 aliphatic carbocycles. The van der Waals surface area contributed by atoms with Crippen molar-refractivity contribution in [3.63, 3.8) is 0 Å². The van der Waals surface area contributed by atoms with E-state index in [0.29, 0.717) is 12.1 Å². The summed E-state index contributed by atoms with van der Waals surface area (Å²) >= 11 is 1.78. The molecule has 0 radical (unpaired) electrons. The summed E-state index contributed by atoms with van der Waals surface area (Å²) in [6.45, 7) is 3.72. The van der Waals surface area contributed by atoms with Gasteiger partial charge < -0.3 is 16.0 Å². The molecule has 0 bridgehead atoms. The highest BCUT2D eigenvalue weighted by molar-refractivity contribution is 7.10. The molecule has 0 aromatic carbocycles. The summed E-state index contributed by atoms with van der Waals surface area (Å²) in [5.74, 6) is 0. The minimum Gasteiger partial charge on any atom is -0.351 e. The van der Waals surface area contributed by atoms with Gasteiger partial charge in [0.2, 0.25) is 0 Å². The Balaban J connectivity index is 1.80. The molecule has 0 unspecified atom stereocenters. The number of amides is 2. The van der Waals surface area contributed by atoms with Gasteiger partial charge in [-0.1, -0.05) is 6.07 Å². The van der Waals surface area contributed by atoms with Crippen molar-refractivity contribution in [3.8, 4) is 0 Å². The quantitative estimate of drug-likeness (QED) is 0.865. The molecule has 94 valence electrons. The molecule has 3 N–H and O–H groups in total. The molecule has 2 rings (SSSR count). The van der Waals surface area contributed by atoms with E-state index < -0.39 is 0 Å². The van der Waals surface area contributed by atoms with E-state index in [1.165, 1.54) is 4.88 Å². The van der Waals surface area contributed by atoms with Crippen molar-refractivity contribution in [2.45, 2.75) is 31.8 Å². The fraction of sp³-hybridized carbons (Fsp3) is 0.583. The van der Waals surface area contributed by atoms with Crippen LogP contribution in [0.25, 0.3) is 0 Å². The van der Waals surface area contributed by atoms with E-state index in [9.17, 15) is 4.79 Å². The Kier molecular flexibility index (Phi) is 4.02. The molecule has 1 aliphatic rings. The molecule has 5 heteroatoms. The van der Waals surface area contributed by atoms with E-state index in [2.05, 4.69) is 29.8 Å². The van der Waals surface area contributed by atoms with Crippen molar-refractivity contribution in [2.24, 2.45) is 5.73 Å². The summed E-state index contributed by atoms with van der Waals surface area (Å²) in [6.07, 6.45) is 1.97. The topological polar surface area (TPSA) is 58.4 Å². The molecule has 1 aliphatic heterocycles. The van der Waals surface area contributed by atoms with E-state index in [0.717, 1.165) is 25.9 Å². The van der Waals surface area contributed by atoms with Gasteiger partial charge in [-0.05, 0) is 31.2 Å². The van der Waals surface area contributed by atoms with Crippen LogP contribution >= 0.6 is 11.3 Å². The number of nitrogens with two attached hydrogens (primary N) is 1. The fourth-order valence-corrected chi connectivity index (χ4v) is 2.98. The number of rotatable bonds is 3. The van der Waals surface area contributed by atoms with Gasteiger partial charge in [0.1, 0.15) is 0 Å². The summed E-state index contributed by atoms with van der Waals surface area (Å²) in [7, 11) is 0. The Bertz CT molecular complexity index is 358. The third-order valence-corrected chi connectivity index (χ3v) is 4.32. The first-order valence-corrected chi connectivity index (χ1v) is 6.88. The molecule has 4 nitrogen and oxygen atoms in total. The Labute approximate surface area is 106 Å². The lowest BCUT2D eigenvalue weighted by atomic mass is 10.0. The number of urea groups is 1. The first kappa shape index (κ1) is 12.4. The van der Waals surface area contributed by atoms with Gasteiger partial charge in [-0.2, -0.15) is 0 Å². The van der Waals surface area contributed by atoms with E-state index in [4.69, 9.17) is 5.73 Å². The Morgan fingerprint density at radius 3 is 2.82 bits per heavy atom. The number of thiophene rings is 1. The van der Waals surface area contributed by atoms with Crippen molar-refractivity contribution < 1.29 is 4.79 Å². The highest BCUT2D eigenvalue weighted by Gasteiger charge is 2.22. The van der Waals surface area contributed by atoms with Crippen LogP contribution in [0.1, 0.15) is 30.7 Å². The number of carbonyl (C=O) groups is 1. The second-order valence-corrected chi connectivity index (χ2v) is 5.48. The molecule has 1 aromatic heterocycles. The number of carbonyl (C=O) groups excluding carboxylic acids is 1. The summed E-state index contributed by atoms with van der Waals surface area (Å²) in [5.41, 5.74) is 5.26. The number of nitrogens with zero attached hydrogens (tertiary/aromatic N) is 1. The normalized spacial score (nSPS) is 19.2. The SMILES string of the molecule is C[C@H](NC1CCN(C(N)=O)CC1)c1cccs1. The summed E-state index contributed by atoms with van der Waals surface area (Å²) in [5, 5.41) is 5.71. The maximum Gasteiger partial charge on any atom is 0.314 e. The van der Waals surface area contributed by atoms with Crippen LogP contribution in [0, 0.1) is 0 Å². The van der Waals surface area contributed by atoms with Gasteiger partial charge in [-0.3, -0.25) is 0 Å². The van der Waals surface area contributed by atoms with E-state index in [1.807, 2.05) is 0 Å². The van der Waals surface area contributed by atoms with Crippen LogP contribution in [0.15, 0.2) is 17.5 Å². The third-order valence-electron chi connectivity index (χ3n) is 3.26. The van der Waals surface area contributed by atoms with Crippen LogP contribution in [0.2, 0.25) is 0 Å². The number of piperidine rings is 1. The fourth-order valence-electron chi connectivity index (χ4n) is 2.24. The third kappa shape index (κ3) is 3.20. The number of primary amides is 1. The average molecular weight is 253 g/mol. The van der Waals surface area contributed by atoms with Gasteiger partial charge in [-0.15, -0.1) is 11.3 Å². The van der Waals surface area contributed by atoms with Crippen LogP contribution in [0.5, 0.6) is 0 Å². The van der Waals surface area contributed by atoms with Gasteiger partial charge in [0.25, 0.3) is 0 Å². The standard InChI is InChI=1S/C12H19N3OS/c1-9(11-3-2-8-17-11)14-10-4-6-15(7-5-10)12(13)16/h2-3,8-10,14H,4-7H2,1H3,(H2,13,16)/t9-/m0/s1. The second kappa shape index (κ2) is 5.51. The minimum atomic E-state index is -0.297. The van der Waals surface area contributed by atoms with Crippen LogP contribution < -0.4 is 11.1 Å². The predicted molar refractivity (Wildman–Crippen MR) is 70.0 cm³/mol. The van der Waals surface area contributed by atoms with Crippen molar-refractivity contribution in [3.05, 3.63) is 22.4 Å². The Hall–Kier alpha value is -1.07. The molecular weight excluding hydrogens is 234 g/mol. The zero-order chi connectivity index (χ0) is 12.3. The molecule has 1 saturated heterocycles. The van der Waals surface area contributed by atoms with Gasteiger partial charge >= 0.3 is 6.03 Å². The van der Waals surface area contributed by atoms with Gasteiger partial charge in [-0.25, -0.2) is 4.79 Å². The first-order valence-electron chi connectivity index (χ1n) is 6.00. The molecule has 1 atom stereocenters. The van der Waals surface area contributed by atoms with Crippen molar-refractivity contribution in [1.82, 2.24) is 10.2 Å². The molecule has 17 heavy (non-hydrogen) atoms. The number of nitrogens with one attached hydrogen (secondary N) is 1. The summed E-state index contributed by atoms with van der Waals surface area (Å²) in [6, 6.07) is 4.81. The number of likely N-dealkylation sites (tertiary alicyclic amines) is 1. The monoisotopic (exact) mass is 253 g/mol. The van der Waals surface area contributed by atoms with Crippen LogP contribution in [-0.4, -0.2) is 30.1 Å². The van der Waals surface area contributed by atoms with Crippen LogP contribution in [0.3, 0.4) is 0 Å². The highest BCUT2D eigenvalue weighted by atomic mass is 32.1. The Morgan fingerprint density at radius 2 is 2.29 bits per heavy atom. The van der Waals surface area contributed by atoms with E-state index in [-0.39, 0.29) is 6.03 Å². The summed E-state index contributed by atoms with van der Waals surface area (Å²) < 4.78 is 0. The van der Waals surface area contributed by atoms with Crippen LogP contribution in [0.4, 0.5) is 4.79 Å². The Morgan fingerprint density at radius 1 is 1.59 bits per heavy atom. The molecule has 0 spiro atoms. The molecule has 2 amide bonds. The lowest BCUT2D eigenvalue weighted by Gasteiger charge is -2.32. The van der Waals surface area contributed by atoms with E-state index in [1.54, 1.807) is 16.2 Å². The first-order chi connectivity index (χ1) is 8.16. The van der Waals surface area contributed by atoms with Crippen molar-refractivity contribution in [1.29, 1.82) is 0 Å². The van der Waals surface area contributed by atoms with Crippen LogP contribution in [-0.2, 0) is 0 Å². The maximum atomic E-state index is 11.0. The average Bonchev–Trinajstić information content (AvgIpc) is 2.83. The van der Waals surface area contributed by atoms with Gasteiger partial charge in [0.15, 0.2) is 0 Å². The van der Waals surface area contributed by atoms with Gasteiger partial charge in [0, 0.05) is 30.1 Å². The zero-order valence-electron chi connectivity index (χ0n) is 10.1. The van der Waals surface area contributed by atoms with Crippen molar-refractivity contribution >= 4 is 17.4 Å². The lowest BCUT2D eigenvalue weighted by molar-refractivity contribution is 0.183. The second-order valence-electron chi connectivity index (χ2n) is 4.50. The molecular formula is C12H19N3OS.